The summed E-state index contributed by atoms with van der Waals surface area (Å²) < 4.78 is 0. The highest BCUT2D eigenvalue weighted by Crippen LogP contribution is 2.27. The summed E-state index contributed by atoms with van der Waals surface area (Å²) in [5, 5.41) is 0. The molecule has 0 aromatic rings. The zero-order valence-electron chi connectivity index (χ0n) is 9.33. The van der Waals surface area contributed by atoms with Crippen LogP contribution in [0.3, 0.4) is 0 Å². The summed E-state index contributed by atoms with van der Waals surface area (Å²) >= 11 is 0. The fraction of sp³-hybridized carbons (Fsp3) is 0.909. The molecule has 82 valence electrons. The molecular formula is C11H22N2O. The highest BCUT2D eigenvalue weighted by atomic mass is 16.2. The smallest absolute Gasteiger partial charge is 0.239 e. The summed E-state index contributed by atoms with van der Waals surface area (Å²) in [5.74, 6) is 0.866. The lowest BCUT2D eigenvalue weighted by molar-refractivity contribution is -0.133. The number of hydrogen-bond donors (Lipinski definition) is 1. The Morgan fingerprint density at radius 3 is 2.50 bits per heavy atom. The van der Waals surface area contributed by atoms with Gasteiger partial charge in [0.15, 0.2) is 0 Å². The van der Waals surface area contributed by atoms with Crippen LogP contribution in [0.25, 0.3) is 0 Å². The number of amides is 1. The number of carbonyl (C=O) groups is 1. The second-order valence-electron chi connectivity index (χ2n) is 4.19. The van der Waals surface area contributed by atoms with E-state index in [0.29, 0.717) is 0 Å². The molecule has 0 aromatic carbocycles. The van der Waals surface area contributed by atoms with Gasteiger partial charge in [0.25, 0.3) is 0 Å². The van der Waals surface area contributed by atoms with Gasteiger partial charge < -0.3 is 10.6 Å². The summed E-state index contributed by atoms with van der Waals surface area (Å²) in [5.41, 5.74) is 5.74. The maximum Gasteiger partial charge on any atom is 0.239 e. The van der Waals surface area contributed by atoms with Crippen LogP contribution in [0.2, 0.25) is 0 Å². The second-order valence-corrected chi connectivity index (χ2v) is 4.19. The number of nitrogens with zero attached hydrogens (tertiary/aromatic N) is 1. The van der Waals surface area contributed by atoms with E-state index in [1.807, 2.05) is 18.7 Å². The van der Waals surface area contributed by atoms with Gasteiger partial charge in [0.05, 0.1) is 6.04 Å². The fourth-order valence-electron chi connectivity index (χ4n) is 1.77. The molecule has 0 heterocycles. The molecule has 1 aliphatic rings. The monoisotopic (exact) mass is 198 g/mol. The lowest BCUT2D eigenvalue weighted by Gasteiger charge is -2.32. The van der Waals surface area contributed by atoms with E-state index in [4.69, 9.17) is 5.73 Å². The molecule has 1 aliphatic carbocycles. The third kappa shape index (κ3) is 2.71. The van der Waals surface area contributed by atoms with E-state index in [1.165, 1.54) is 19.3 Å². The Labute approximate surface area is 86.6 Å². The maximum atomic E-state index is 11.8. The van der Waals surface area contributed by atoms with Gasteiger partial charge in [-0.15, -0.1) is 0 Å². The second kappa shape index (κ2) is 5.35. The molecule has 3 nitrogen and oxygen atoms in total. The number of nitrogens with two attached hydrogens (primary N) is 1. The van der Waals surface area contributed by atoms with Crippen molar-refractivity contribution in [1.29, 1.82) is 0 Å². The number of rotatable bonds is 5. The predicted molar refractivity (Wildman–Crippen MR) is 57.9 cm³/mol. The Morgan fingerprint density at radius 2 is 2.14 bits per heavy atom. The van der Waals surface area contributed by atoms with Gasteiger partial charge in [-0.05, 0) is 32.1 Å². The molecule has 1 fully saturated rings. The van der Waals surface area contributed by atoms with Crippen LogP contribution in [-0.4, -0.2) is 29.9 Å². The normalized spacial score (nSPS) is 18.8. The predicted octanol–water partition coefficient (Wildman–Crippen LogP) is 1.37. The van der Waals surface area contributed by atoms with Crippen LogP contribution < -0.4 is 5.73 Å². The first-order chi connectivity index (χ1) is 6.69. The van der Waals surface area contributed by atoms with Gasteiger partial charge >= 0.3 is 0 Å². The zero-order chi connectivity index (χ0) is 10.6. The van der Waals surface area contributed by atoms with Crippen molar-refractivity contribution in [3.05, 3.63) is 0 Å². The van der Waals surface area contributed by atoms with Crippen LogP contribution in [0.1, 0.15) is 39.5 Å². The van der Waals surface area contributed by atoms with Crippen LogP contribution in [0.4, 0.5) is 0 Å². The van der Waals surface area contributed by atoms with Gasteiger partial charge in [0, 0.05) is 13.1 Å². The van der Waals surface area contributed by atoms with Gasteiger partial charge in [-0.2, -0.15) is 0 Å². The zero-order valence-corrected chi connectivity index (χ0v) is 9.33. The lowest BCUT2D eigenvalue weighted by Crippen LogP contribution is -2.46. The largest absolute Gasteiger partial charge is 0.341 e. The molecule has 3 heteroatoms. The topological polar surface area (TPSA) is 46.3 Å². The Morgan fingerprint density at radius 1 is 1.50 bits per heavy atom. The summed E-state index contributed by atoms with van der Waals surface area (Å²) in [6, 6.07) is -0.296. The molecule has 1 saturated carbocycles. The SMILES string of the molecule is CC[C@H](N)C(=O)N(CC)CC1CCC1. The molecule has 1 rings (SSSR count). The van der Waals surface area contributed by atoms with E-state index >= 15 is 0 Å². The fourth-order valence-corrected chi connectivity index (χ4v) is 1.77. The minimum Gasteiger partial charge on any atom is -0.341 e. The number of likely N-dealkylation sites (N-methyl/N-ethyl adjacent to an activating group) is 1. The molecule has 1 atom stereocenters. The van der Waals surface area contributed by atoms with E-state index in [-0.39, 0.29) is 11.9 Å². The van der Waals surface area contributed by atoms with Crippen LogP contribution in [0.15, 0.2) is 0 Å². The van der Waals surface area contributed by atoms with E-state index in [1.54, 1.807) is 0 Å². The molecule has 14 heavy (non-hydrogen) atoms. The highest BCUT2D eigenvalue weighted by Gasteiger charge is 2.24. The Hall–Kier alpha value is -0.570. The molecule has 0 radical (unpaired) electrons. The Bertz CT molecular complexity index is 190. The third-order valence-corrected chi connectivity index (χ3v) is 3.15. The molecule has 2 N–H and O–H groups in total. The van der Waals surface area contributed by atoms with Crippen molar-refractivity contribution in [3.63, 3.8) is 0 Å². The van der Waals surface area contributed by atoms with Gasteiger partial charge in [-0.25, -0.2) is 0 Å². The highest BCUT2D eigenvalue weighted by molar-refractivity contribution is 5.81. The number of carbonyl (C=O) groups excluding carboxylic acids is 1. The first-order valence-corrected chi connectivity index (χ1v) is 5.73. The molecule has 0 aromatic heterocycles. The Kier molecular flexibility index (Phi) is 4.39. The Balaban J connectivity index is 2.38. The van der Waals surface area contributed by atoms with Crippen LogP contribution in [-0.2, 0) is 4.79 Å². The van der Waals surface area contributed by atoms with Crippen molar-refractivity contribution in [3.8, 4) is 0 Å². The van der Waals surface area contributed by atoms with Crippen LogP contribution >= 0.6 is 0 Å². The van der Waals surface area contributed by atoms with Crippen LogP contribution in [0.5, 0.6) is 0 Å². The van der Waals surface area contributed by atoms with Crippen molar-refractivity contribution >= 4 is 5.91 Å². The molecule has 0 aliphatic heterocycles. The maximum absolute atomic E-state index is 11.8. The van der Waals surface area contributed by atoms with E-state index < -0.39 is 0 Å². The molecule has 1 amide bonds. The van der Waals surface area contributed by atoms with E-state index in [2.05, 4.69) is 0 Å². The lowest BCUT2D eigenvalue weighted by atomic mass is 9.85. The van der Waals surface area contributed by atoms with Gasteiger partial charge in [0.2, 0.25) is 5.91 Å². The van der Waals surface area contributed by atoms with Gasteiger partial charge in [-0.1, -0.05) is 13.3 Å². The van der Waals surface area contributed by atoms with Crippen molar-refractivity contribution in [2.75, 3.05) is 13.1 Å². The van der Waals surface area contributed by atoms with Crippen molar-refractivity contribution in [1.82, 2.24) is 4.90 Å². The quantitative estimate of drug-likeness (QED) is 0.725. The minimum absolute atomic E-state index is 0.127. The summed E-state index contributed by atoms with van der Waals surface area (Å²) in [6.07, 6.45) is 4.63. The first-order valence-electron chi connectivity index (χ1n) is 5.73. The summed E-state index contributed by atoms with van der Waals surface area (Å²) in [4.78, 5) is 13.7. The van der Waals surface area contributed by atoms with E-state index in [9.17, 15) is 4.79 Å². The van der Waals surface area contributed by atoms with Gasteiger partial charge in [-0.3, -0.25) is 4.79 Å². The summed E-state index contributed by atoms with van der Waals surface area (Å²) in [6.45, 7) is 5.70. The van der Waals surface area contributed by atoms with Crippen molar-refractivity contribution < 1.29 is 4.79 Å². The number of hydrogen-bond acceptors (Lipinski definition) is 2. The molecule has 0 unspecified atom stereocenters. The third-order valence-electron chi connectivity index (χ3n) is 3.15. The molecular weight excluding hydrogens is 176 g/mol. The molecule has 0 spiro atoms. The molecule has 0 bridgehead atoms. The van der Waals surface area contributed by atoms with Gasteiger partial charge in [0.1, 0.15) is 0 Å². The first kappa shape index (κ1) is 11.5. The standard InChI is InChI=1S/C11H22N2O/c1-3-10(12)11(14)13(4-2)8-9-6-5-7-9/h9-10H,3-8,12H2,1-2H3/t10-/m0/s1. The summed E-state index contributed by atoms with van der Waals surface area (Å²) in [7, 11) is 0. The van der Waals surface area contributed by atoms with Crippen LogP contribution in [0, 0.1) is 5.92 Å². The minimum atomic E-state index is -0.296. The average molecular weight is 198 g/mol. The molecule has 0 saturated heterocycles. The van der Waals surface area contributed by atoms with Crippen molar-refractivity contribution in [2.45, 2.75) is 45.6 Å². The van der Waals surface area contributed by atoms with Crippen molar-refractivity contribution in [2.24, 2.45) is 11.7 Å². The van der Waals surface area contributed by atoms with E-state index in [0.717, 1.165) is 25.4 Å². The average Bonchev–Trinajstić information content (AvgIpc) is 2.14.